The molecular formula is C6H3N2O. The zero-order valence-corrected chi connectivity index (χ0v) is 4.53. The Balaban J connectivity index is 2.95. The minimum Gasteiger partial charge on any atom is -0.458 e. The zero-order valence-electron chi connectivity index (χ0n) is 4.53. The summed E-state index contributed by atoms with van der Waals surface area (Å²) in [7, 11) is 0. The smallest absolute Gasteiger partial charge is 0.197 e. The van der Waals surface area contributed by atoms with E-state index in [1.165, 1.54) is 6.33 Å². The van der Waals surface area contributed by atoms with Crippen LogP contribution in [0.5, 0.6) is 0 Å². The van der Waals surface area contributed by atoms with E-state index >= 15 is 0 Å². The Labute approximate surface area is 51.3 Å². The van der Waals surface area contributed by atoms with E-state index in [1.807, 2.05) is 0 Å². The van der Waals surface area contributed by atoms with Gasteiger partial charge in [-0.2, -0.15) is 0 Å². The molecule has 0 amide bonds. The van der Waals surface area contributed by atoms with Gasteiger partial charge in [0.15, 0.2) is 6.26 Å². The predicted octanol–water partition coefficient (Wildman–Crippen LogP) is 1.02. The lowest BCUT2D eigenvalue weighted by Crippen LogP contribution is -1.73. The van der Waals surface area contributed by atoms with Crippen LogP contribution in [0.1, 0.15) is 0 Å². The van der Waals surface area contributed by atoms with Gasteiger partial charge in [-0.05, 0) is 0 Å². The van der Waals surface area contributed by atoms with Gasteiger partial charge in [-0.1, -0.05) is 0 Å². The summed E-state index contributed by atoms with van der Waals surface area (Å²) in [6.07, 6.45) is 7.31. The maximum atomic E-state index is 4.74. The van der Waals surface area contributed by atoms with E-state index in [1.54, 1.807) is 12.5 Å². The summed E-state index contributed by atoms with van der Waals surface area (Å²) in [6.45, 7) is 0. The van der Waals surface area contributed by atoms with Crippen molar-refractivity contribution in [2.45, 2.75) is 0 Å². The SMILES string of the molecule is [c]1occ2cncnc12. The molecule has 0 aliphatic carbocycles. The Morgan fingerprint density at radius 2 is 2.56 bits per heavy atom. The van der Waals surface area contributed by atoms with Crippen molar-refractivity contribution in [2.24, 2.45) is 0 Å². The number of aromatic nitrogens is 2. The fourth-order valence-corrected chi connectivity index (χ4v) is 0.661. The minimum atomic E-state index is 0.727. The van der Waals surface area contributed by atoms with Gasteiger partial charge in [0.2, 0.25) is 0 Å². The van der Waals surface area contributed by atoms with Gasteiger partial charge in [0.05, 0.1) is 5.39 Å². The first-order chi connectivity index (χ1) is 4.47. The van der Waals surface area contributed by atoms with Crippen LogP contribution in [0.2, 0.25) is 0 Å². The number of furan rings is 1. The molecule has 9 heavy (non-hydrogen) atoms. The Hall–Kier alpha value is -1.38. The van der Waals surface area contributed by atoms with Crippen molar-refractivity contribution < 1.29 is 4.42 Å². The van der Waals surface area contributed by atoms with Gasteiger partial charge in [-0.3, -0.25) is 0 Å². The molecule has 2 rings (SSSR count). The molecule has 0 spiro atoms. The predicted molar refractivity (Wildman–Crippen MR) is 30.6 cm³/mol. The van der Waals surface area contributed by atoms with Crippen LogP contribution >= 0.6 is 0 Å². The van der Waals surface area contributed by atoms with Crippen LogP contribution in [0.25, 0.3) is 10.9 Å². The van der Waals surface area contributed by atoms with Crippen LogP contribution in [-0.4, -0.2) is 9.97 Å². The van der Waals surface area contributed by atoms with E-state index in [2.05, 4.69) is 16.2 Å². The van der Waals surface area contributed by atoms with Gasteiger partial charge in [0.25, 0.3) is 0 Å². The molecule has 3 nitrogen and oxygen atoms in total. The molecule has 0 atom stereocenters. The molecule has 0 aromatic carbocycles. The minimum absolute atomic E-state index is 0.727. The second-order valence-electron chi connectivity index (χ2n) is 1.66. The van der Waals surface area contributed by atoms with E-state index < -0.39 is 0 Å². The molecule has 3 heteroatoms. The quantitative estimate of drug-likeness (QED) is 0.519. The van der Waals surface area contributed by atoms with Crippen LogP contribution in [0.15, 0.2) is 23.2 Å². The highest BCUT2D eigenvalue weighted by atomic mass is 16.3. The fourth-order valence-electron chi connectivity index (χ4n) is 0.661. The summed E-state index contributed by atoms with van der Waals surface area (Å²) in [5, 5.41) is 0.887. The van der Waals surface area contributed by atoms with Gasteiger partial charge in [-0.15, -0.1) is 0 Å². The van der Waals surface area contributed by atoms with Crippen LogP contribution in [0, 0.1) is 6.26 Å². The topological polar surface area (TPSA) is 38.9 Å². The van der Waals surface area contributed by atoms with Gasteiger partial charge in [0, 0.05) is 6.20 Å². The molecule has 1 radical (unpaired) electrons. The summed E-state index contributed by atoms with van der Waals surface area (Å²) < 4.78 is 4.74. The summed E-state index contributed by atoms with van der Waals surface area (Å²) in [6, 6.07) is 0. The van der Waals surface area contributed by atoms with Crippen molar-refractivity contribution in [1.29, 1.82) is 0 Å². The van der Waals surface area contributed by atoms with Crippen LogP contribution < -0.4 is 0 Å². The standard InChI is InChI=1S/C6H3N2O/c1-5-2-9-3-6(5)8-4-7-1/h1-2,4H. The lowest BCUT2D eigenvalue weighted by atomic mass is 10.4. The second-order valence-corrected chi connectivity index (χ2v) is 1.66. The van der Waals surface area contributed by atoms with Crippen molar-refractivity contribution in [3.05, 3.63) is 25.1 Å². The van der Waals surface area contributed by atoms with E-state index in [4.69, 9.17) is 4.42 Å². The van der Waals surface area contributed by atoms with E-state index in [0.717, 1.165) is 10.9 Å². The van der Waals surface area contributed by atoms with E-state index in [-0.39, 0.29) is 0 Å². The van der Waals surface area contributed by atoms with Crippen LogP contribution in [-0.2, 0) is 0 Å². The summed E-state index contributed by atoms with van der Waals surface area (Å²) in [5.41, 5.74) is 0.727. The molecule has 2 aromatic heterocycles. The van der Waals surface area contributed by atoms with E-state index in [0.29, 0.717) is 0 Å². The monoisotopic (exact) mass is 119 g/mol. The lowest BCUT2D eigenvalue weighted by molar-refractivity contribution is 0.563. The molecule has 0 saturated heterocycles. The highest BCUT2D eigenvalue weighted by Crippen LogP contribution is 2.07. The van der Waals surface area contributed by atoms with Crippen molar-refractivity contribution in [2.75, 3.05) is 0 Å². The summed E-state index contributed by atoms with van der Waals surface area (Å²) >= 11 is 0. The van der Waals surface area contributed by atoms with Crippen molar-refractivity contribution >= 4 is 10.9 Å². The van der Waals surface area contributed by atoms with Crippen molar-refractivity contribution in [3.8, 4) is 0 Å². The molecule has 0 saturated carbocycles. The third-order valence-electron chi connectivity index (χ3n) is 1.08. The molecule has 2 aromatic rings. The molecule has 43 valence electrons. The highest BCUT2D eigenvalue weighted by molar-refractivity contribution is 5.74. The van der Waals surface area contributed by atoms with E-state index in [9.17, 15) is 0 Å². The molecule has 0 N–H and O–H groups in total. The fraction of sp³-hybridized carbons (Fsp3) is 0. The van der Waals surface area contributed by atoms with Gasteiger partial charge < -0.3 is 4.42 Å². The third-order valence-corrected chi connectivity index (χ3v) is 1.08. The maximum absolute atomic E-state index is 4.74. The Bertz CT molecular complexity index is 285. The summed E-state index contributed by atoms with van der Waals surface area (Å²) in [5.74, 6) is 0. The number of rotatable bonds is 0. The Morgan fingerprint density at radius 3 is 3.44 bits per heavy atom. The average molecular weight is 119 g/mol. The maximum Gasteiger partial charge on any atom is 0.197 e. The molecule has 0 unspecified atom stereocenters. The van der Waals surface area contributed by atoms with Gasteiger partial charge >= 0.3 is 0 Å². The highest BCUT2D eigenvalue weighted by Gasteiger charge is 1.93. The zero-order chi connectivity index (χ0) is 6.10. The molecule has 0 fully saturated rings. The molecule has 0 bridgehead atoms. The van der Waals surface area contributed by atoms with Crippen molar-refractivity contribution in [3.63, 3.8) is 0 Å². The van der Waals surface area contributed by atoms with Crippen LogP contribution in [0.4, 0.5) is 0 Å². The molecule has 2 heterocycles. The van der Waals surface area contributed by atoms with Gasteiger partial charge in [-0.25, -0.2) is 9.97 Å². The first-order valence-electron chi connectivity index (χ1n) is 2.52. The second kappa shape index (κ2) is 1.55. The first kappa shape index (κ1) is 4.49. The summed E-state index contributed by atoms with van der Waals surface area (Å²) in [4.78, 5) is 7.67. The Morgan fingerprint density at radius 1 is 1.56 bits per heavy atom. The van der Waals surface area contributed by atoms with Crippen LogP contribution in [0.3, 0.4) is 0 Å². The Kier molecular flexibility index (Phi) is 0.773. The number of nitrogens with zero attached hydrogens (tertiary/aromatic N) is 2. The molecule has 0 aliphatic heterocycles. The van der Waals surface area contributed by atoms with Gasteiger partial charge in [0.1, 0.15) is 18.1 Å². The number of hydrogen-bond donors (Lipinski definition) is 0. The third kappa shape index (κ3) is 0.579. The first-order valence-corrected chi connectivity index (χ1v) is 2.52. The normalized spacial score (nSPS) is 10.2. The van der Waals surface area contributed by atoms with Crippen molar-refractivity contribution in [1.82, 2.24) is 9.97 Å². The molecule has 0 aliphatic rings. The molecular weight excluding hydrogens is 116 g/mol. The largest absolute Gasteiger partial charge is 0.458 e. The number of hydrogen-bond acceptors (Lipinski definition) is 3. The average Bonchev–Trinajstić information content (AvgIpc) is 2.33. The number of fused-ring (bicyclic) bond motifs is 1. The lowest BCUT2D eigenvalue weighted by Gasteiger charge is -1.78.